The Kier molecular flexibility index (Phi) is 6.61. The van der Waals surface area contributed by atoms with Crippen LogP contribution in [0.4, 0.5) is 8.78 Å². The Morgan fingerprint density at radius 3 is 2.63 bits per heavy atom. The van der Waals surface area contributed by atoms with Crippen LogP contribution in [-0.2, 0) is 0 Å². The Hall–Kier alpha value is -2.39. The molecule has 0 amide bonds. The van der Waals surface area contributed by atoms with Crippen LogP contribution < -0.4 is 15.2 Å². The van der Waals surface area contributed by atoms with Gasteiger partial charge in [-0.05, 0) is 43.9 Å². The molecule has 1 unspecified atom stereocenters. The molecule has 0 saturated heterocycles. The number of benzene rings is 1. The highest BCUT2D eigenvalue weighted by molar-refractivity contribution is 5.87. The summed E-state index contributed by atoms with van der Waals surface area (Å²) in [6.45, 7) is -1.03. The van der Waals surface area contributed by atoms with Gasteiger partial charge in [-0.25, -0.2) is 9.78 Å². The van der Waals surface area contributed by atoms with Crippen molar-refractivity contribution in [1.82, 2.24) is 4.98 Å². The van der Waals surface area contributed by atoms with E-state index in [2.05, 4.69) is 9.72 Å². The summed E-state index contributed by atoms with van der Waals surface area (Å²) < 4.78 is 40.7. The van der Waals surface area contributed by atoms with Crippen LogP contribution in [0.1, 0.15) is 42.1 Å². The Morgan fingerprint density at radius 1 is 1.41 bits per heavy atom. The fourth-order valence-electron chi connectivity index (χ4n) is 2.36. The van der Waals surface area contributed by atoms with Crippen molar-refractivity contribution in [3.05, 3.63) is 29.7 Å². The van der Waals surface area contributed by atoms with Crippen LogP contribution >= 0.6 is 12.4 Å². The van der Waals surface area contributed by atoms with Gasteiger partial charge in [-0.15, -0.1) is 12.4 Å². The predicted molar refractivity (Wildman–Crippen MR) is 93.6 cm³/mol. The quantitative estimate of drug-likeness (QED) is 0.687. The van der Waals surface area contributed by atoms with Crippen LogP contribution in [0.5, 0.6) is 11.5 Å². The zero-order chi connectivity index (χ0) is 18.8. The van der Waals surface area contributed by atoms with E-state index in [0.717, 1.165) is 12.8 Å². The highest BCUT2D eigenvalue weighted by Crippen LogP contribution is 2.37. The maximum Gasteiger partial charge on any atom is 0.387 e. The van der Waals surface area contributed by atoms with Gasteiger partial charge in [-0.1, -0.05) is 0 Å². The van der Waals surface area contributed by atoms with Crippen LogP contribution in [0.3, 0.4) is 0 Å². The number of carbonyl (C=O) groups is 1. The number of ether oxygens (including phenoxy) is 2. The van der Waals surface area contributed by atoms with Crippen molar-refractivity contribution in [3.8, 4) is 23.0 Å². The van der Waals surface area contributed by atoms with Crippen LogP contribution in [0.2, 0.25) is 0 Å². The molecule has 0 radical (unpaired) electrons. The van der Waals surface area contributed by atoms with E-state index in [0.29, 0.717) is 18.1 Å². The summed E-state index contributed by atoms with van der Waals surface area (Å²) in [7, 11) is 0. The van der Waals surface area contributed by atoms with E-state index in [1.165, 1.54) is 18.2 Å². The number of hydrogen-bond donors (Lipinski definition) is 2. The van der Waals surface area contributed by atoms with Gasteiger partial charge < -0.3 is 24.7 Å². The third kappa shape index (κ3) is 5.08. The lowest BCUT2D eigenvalue weighted by Gasteiger charge is -2.12. The molecular formula is C17H19ClF2N2O5. The summed E-state index contributed by atoms with van der Waals surface area (Å²) in [5.74, 6) is -0.817. The second-order valence-electron chi connectivity index (χ2n) is 6.12. The van der Waals surface area contributed by atoms with Gasteiger partial charge in [0.15, 0.2) is 23.0 Å². The molecule has 1 aliphatic rings. The number of oxazole rings is 1. The number of carboxylic acids is 1. The van der Waals surface area contributed by atoms with E-state index in [1.807, 2.05) is 0 Å². The third-order valence-electron chi connectivity index (χ3n) is 3.85. The summed E-state index contributed by atoms with van der Waals surface area (Å²) in [5, 5.41) is 9.22. The van der Waals surface area contributed by atoms with Gasteiger partial charge in [0, 0.05) is 5.56 Å². The van der Waals surface area contributed by atoms with Crippen LogP contribution in [0.15, 0.2) is 22.6 Å². The number of carboxylic acid groups (broad SMARTS) is 1. The number of alkyl halides is 2. The van der Waals surface area contributed by atoms with Crippen molar-refractivity contribution in [1.29, 1.82) is 0 Å². The van der Waals surface area contributed by atoms with E-state index in [9.17, 15) is 18.7 Å². The lowest BCUT2D eigenvalue weighted by Crippen LogP contribution is -2.10. The Labute approximate surface area is 159 Å². The highest BCUT2D eigenvalue weighted by Gasteiger charge is 2.25. The van der Waals surface area contributed by atoms with Crippen molar-refractivity contribution >= 4 is 18.4 Å². The number of hydrogen-bond acceptors (Lipinski definition) is 6. The monoisotopic (exact) mass is 404 g/mol. The van der Waals surface area contributed by atoms with Crippen molar-refractivity contribution in [3.63, 3.8) is 0 Å². The first kappa shape index (κ1) is 20.9. The Morgan fingerprint density at radius 2 is 2.11 bits per heavy atom. The summed E-state index contributed by atoms with van der Waals surface area (Å²) in [4.78, 5) is 15.2. The van der Waals surface area contributed by atoms with Crippen molar-refractivity contribution in [2.24, 2.45) is 11.7 Å². The average Bonchev–Trinajstić information content (AvgIpc) is 3.28. The first-order valence-electron chi connectivity index (χ1n) is 8.06. The lowest BCUT2D eigenvalue weighted by molar-refractivity contribution is -0.0515. The molecule has 7 nitrogen and oxygen atoms in total. The summed E-state index contributed by atoms with van der Waals surface area (Å²) >= 11 is 0. The van der Waals surface area contributed by atoms with Crippen LogP contribution in [0.25, 0.3) is 11.5 Å². The molecule has 1 fully saturated rings. The lowest BCUT2D eigenvalue weighted by atomic mass is 10.2. The standard InChI is InChI=1S/C17H18F2N2O5.ClH/c1-8(20)14-13(16(22)23)21-15(26-14)10-4-5-11(25-17(18)19)12(6-10)24-7-9-2-3-9;/h4-6,8-9,17H,2-3,7,20H2,1H3,(H,22,23);1H. The molecule has 2 aromatic rings. The zero-order valence-corrected chi connectivity index (χ0v) is 15.2. The molecule has 1 heterocycles. The molecule has 3 N–H and O–H groups in total. The number of rotatable bonds is 8. The molecule has 1 aromatic carbocycles. The molecule has 27 heavy (non-hydrogen) atoms. The van der Waals surface area contributed by atoms with Crippen LogP contribution in [-0.4, -0.2) is 29.3 Å². The van der Waals surface area contributed by atoms with E-state index >= 15 is 0 Å². The van der Waals surface area contributed by atoms with Gasteiger partial charge in [0.05, 0.1) is 12.6 Å². The number of nitrogens with two attached hydrogens (primary N) is 1. The molecule has 1 aliphatic carbocycles. The van der Waals surface area contributed by atoms with Crippen LogP contribution in [0, 0.1) is 5.92 Å². The minimum atomic E-state index is -2.99. The van der Waals surface area contributed by atoms with E-state index in [1.54, 1.807) is 6.92 Å². The Bertz CT molecular complexity index is 809. The normalized spacial score (nSPS) is 14.6. The van der Waals surface area contributed by atoms with Gasteiger partial charge in [0.25, 0.3) is 0 Å². The molecule has 3 rings (SSSR count). The van der Waals surface area contributed by atoms with E-state index in [4.69, 9.17) is 14.9 Å². The maximum absolute atomic E-state index is 12.6. The molecule has 1 atom stereocenters. The topological polar surface area (TPSA) is 108 Å². The molecule has 0 aliphatic heterocycles. The van der Waals surface area contributed by atoms with Crippen molar-refractivity contribution in [2.45, 2.75) is 32.4 Å². The predicted octanol–water partition coefficient (Wildman–Crippen LogP) is 3.87. The van der Waals surface area contributed by atoms with Gasteiger partial charge in [-0.2, -0.15) is 8.78 Å². The summed E-state index contributed by atoms with van der Waals surface area (Å²) in [6.07, 6.45) is 2.06. The third-order valence-corrected chi connectivity index (χ3v) is 3.85. The number of aromatic carboxylic acids is 1. The second-order valence-corrected chi connectivity index (χ2v) is 6.12. The second kappa shape index (κ2) is 8.53. The van der Waals surface area contributed by atoms with E-state index < -0.39 is 18.6 Å². The number of nitrogens with zero attached hydrogens (tertiary/aromatic N) is 1. The largest absolute Gasteiger partial charge is 0.489 e. The smallest absolute Gasteiger partial charge is 0.387 e. The van der Waals surface area contributed by atoms with Gasteiger partial charge >= 0.3 is 12.6 Å². The van der Waals surface area contributed by atoms with Gasteiger partial charge in [0.2, 0.25) is 5.89 Å². The van der Waals surface area contributed by atoms with Gasteiger partial charge in [-0.3, -0.25) is 0 Å². The summed E-state index contributed by atoms with van der Waals surface area (Å²) in [5.41, 5.74) is 5.79. The Balaban J connectivity index is 0.00000261. The molecule has 1 aromatic heterocycles. The average molecular weight is 405 g/mol. The summed E-state index contributed by atoms with van der Waals surface area (Å²) in [6, 6.07) is 3.50. The first-order chi connectivity index (χ1) is 12.3. The SMILES string of the molecule is CC(N)c1oc(-c2ccc(OC(F)F)c(OCC3CC3)c2)nc1C(=O)O.Cl. The molecular weight excluding hydrogens is 386 g/mol. The molecule has 0 bridgehead atoms. The zero-order valence-electron chi connectivity index (χ0n) is 14.4. The number of halogens is 3. The van der Waals surface area contributed by atoms with Crippen molar-refractivity contribution in [2.75, 3.05) is 6.61 Å². The number of aromatic nitrogens is 1. The minimum Gasteiger partial charge on any atom is -0.489 e. The van der Waals surface area contributed by atoms with Gasteiger partial charge in [0.1, 0.15) is 0 Å². The molecule has 10 heteroatoms. The molecule has 1 saturated carbocycles. The highest BCUT2D eigenvalue weighted by atomic mass is 35.5. The maximum atomic E-state index is 12.6. The minimum absolute atomic E-state index is 0. The van der Waals surface area contributed by atoms with Crippen molar-refractivity contribution < 1.29 is 32.6 Å². The molecule has 148 valence electrons. The first-order valence-corrected chi connectivity index (χ1v) is 8.06. The van der Waals surface area contributed by atoms with E-state index in [-0.39, 0.29) is 41.3 Å². The fourth-order valence-corrected chi connectivity index (χ4v) is 2.36. The molecule has 0 spiro atoms. The fraction of sp³-hybridized carbons (Fsp3) is 0.412.